The first-order chi connectivity index (χ1) is 13.0. The summed E-state index contributed by atoms with van der Waals surface area (Å²) >= 11 is 0. The van der Waals surface area contributed by atoms with Gasteiger partial charge in [0.25, 0.3) is 11.8 Å². The van der Waals surface area contributed by atoms with Crippen molar-refractivity contribution in [3.05, 3.63) is 59.7 Å². The Labute approximate surface area is 166 Å². The van der Waals surface area contributed by atoms with E-state index in [1.807, 2.05) is 12.1 Å². The number of amides is 2. The Kier molecular flexibility index (Phi) is 9.35. The average Bonchev–Trinajstić information content (AvgIpc) is 2.70. The van der Waals surface area contributed by atoms with E-state index in [2.05, 4.69) is 36.5 Å². The Morgan fingerprint density at radius 3 is 2.00 bits per heavy atom. The Morgan fingerprint density at radius 2 is 1.54 bits per heavy atom. The summed E-state index contributed by atoms with van der Waals surface area (Å²) in [7, 11) is 0. The minimum absolute atomic E-state index is 0. The maximum absolute atomic E-state index is 12.3. The van der Waals surface area contributed by atoms with Gasteiger partial charge in [-0.15, -0.1) is 0 Å². The van der Waals surface area contributed by atoms with Gasteiger partial charge in [0.1, 0.15) is 6.04 Å². The van der Waals surface area contributed by atoms with Gasteiger partial charge in [-0.05, 0) is 48.6 Å². The molecule has 6 nitrogen and oxygen atoms in total. The van der Waals surface area contributed by atoms with Crippen LogP contribution in [-0.4, -0.2) is 34.3 Å². The minimum atomic E-state index is -1.24. The van der Waals surface area contributed by atoms with Crippen LogP contribution >= 0.6 is 0 Å². The van der Waals surface area contributed by atoms with Gasteiger partial charge in [0.05, 0.1) is 6.10 Å². The first-order valence-corrected chi connectivity index (χ1v) is 9.08. The van der Waals surface area contributed by atoms with Crippen LogP contribution in [0.5, 0.6) is 0 Å². The molecule has 2 amide bonds. The number of aryl methyl sites for hydroxylation is 1. The lowest BCUT2D eigenvalue weighted by Crippen LogP contribution is -2.51. The Hall–Kier alpha value is -2.70. The first-order valence-electron chi connectivity index (χ1n) is 9.08. The fourth-order valence-electron chi connectivity index (χ4n) is 2.76. The third kappa shape index (κ3) is 6.18. The van der Waals surface area contributed by atoms with Gasteiger partial charge in [-0.1, -0.05) is 57.2 Å². The third-order valence-electron chi connectivity index (χ3n) is 4.42. The van der Waals surface area contributed by atoms with Crippen LogP contribution in [0.3, 0.4) is 0 Å². The molecule has 6 heteroatoms. The normalized spacial score (nSPS) is 12.4. The highest BCUT2D eigenvalue weighted by atomic mass is 16.5. The Bertz CT molecular complexity index is 755. The van der Waals surface area contributed by atoms with E-state index in [1.165, 1.54) is 30.8 Å². The number of carbonyl (C=O) groups excluding carboxylic acids is 2. The fourth-order valence-corrected chi connectivity index (χ4v) is 2.76. The molecule has 0 aliphatic heterocycles. The van der Waals surface area contributed by atoms with Gasteiger partial charge in [-0.3, -0.25) is 14.8 Å². The zero-order chi connectivity index (χ0) is 19.8. The number of aliphatic hydroxyl groups excluding tert-OH is 1. The predicted octanol–water partition coefficient (Wildman–Crippen LogP) is 3.32. The predicted molar refractivity (Wildman–Crippen MR) is 110 cm³/mol. The van der Waals surface area contributed by atoms with Gasteiger partial charge in [-0.25, -0.2) is 5.48 Å². The van der Waals surface area contributed by atoms with E-state index >= 15 is 0 Å². The molecule has 0 fully saturated rings. The Balaban J connectivity index is 0.00000392. The van der Waals surface area contributed by atoms with Gasteiger partial charge < -0.3 is 10.4 Å². The molecular weight excluding hydrogens is 356 g/mol. The monoisotopic (exact) mass is 386 g/mol. The van der Waals surface area contributed by atoms with E-state index in [1.54, 1.807) is 12.1 Å². The van der Waals surface area contributed by atoms with Crippen LogP contribution in [0.25, 0.3) is 11.1 Å². The van der Waals surface area contributed by atoms with E-state index < -0.39 is 24.0 Å². The molecule has 0 unspecified atom stereocenters. The molecule has 0 aromatic heterocycles. The zero-order valence-corrected chi connectivity index (χ0v) is 15.6. The molecule has 28 heavy (non-hydrogen) atoms. The molecule has 152 valence electrons. The summed E-state index contributed by atoms with van der Waals surface area (Å²) in [6.45, 7) is 3.53. The van der Waals surface area contributed by atoms with Crippen molar-refractivity contribution in [1.29, 1.82) is 0 Å². The number of aliphatic hydroxyl groups is 1. The Morgan fingerprint density at radius 1 is 1.00 bits per heavy atom. The van der Waals surface area contributed by atoms with E-state index in [4.69, 9.17) is 5.21 Å². The highest BCUT2D eigenvalue weighted by molar-refractivity contribution is 5.97. The summed E-state index contributed by atoms with van der Waals surface area (Å²) < 4.78 is 0. The van der Waals surface area contributed by atoms with Crippen molar-refractivity contribution >= 4 is 11.8 Å². The quantitative estimate of drug-likeness (QED) is 0.413. The molecule has 2 aromatic carbocycles. The molecule has 2 atom stereocenters. The highest BCUT2D eigenvalue weighted by Gasteiger charge is 2.25. The maximum atomic E-state index is 12.3. The SMILES string of the molecule is C.CCCCc1ccc(-c2ccc(C(=O)N[C@H](C(=O)NO)[C@@H](C)O)cc2)cc1. The lowest BCUT2D eigenvalue weighted by atomic mass is 10.0. The minimum Gasteiger partial charge on any atom is -0.391 e. The first kappa shape index (κ1) is 23.3. The van der Waals surface area contributed by atoms with Crippen molar-refractivity contribution in [3.63, 3.8) is 0 Å². The van der Waals surface area contributed by atoms with Crippen LogP contribution in [0, 0.1) is 0 Å². The third-order valence-corrected chi connectivity index (χ3v) is 4.42. The van der Waals surface area contributed by atoms with Crippen LogP contribution in [0.4, 0.5) is 0 Å². The van der Waals surface area contributed by atoms with Crippen LogP contribution in [-0.2, 0) is 11.2 Å². The van der Waals surface area contributed by atoms with E-state index in [0.29, 0.717) is 5.56 Å². The number of hydrogen-bond donors (Lipinski definition) is 4. The summed E-state index contributed by atoms with van der Waals surface area (Å²) in [5, 5.41) is 20.7. The molecule has 0 aliphatic carbocycles. The van der Waals surface area contributed by atoms with Gasteiger partial charge in [-0.2, -0.15) is 0 Å². The maximum Gasteiger partial charge on any atom is 0.268 e. The van der Waals surface area contributed by atoms with Crippen LogP contribution in [0.2, 0.25) is 0 Å². The van der Waals surface area contributed by atoms with Crippen molar-refractivity contribution < 1.29 is 19.9 Å². The van der Waals surface area contributed by atoms with Crippen LogP contribution < -0.4 is 10.8 Å². The highest BCUT2D eigenvalue weighted by Crippen LogP contribution is 2.21. The second-order valence-corrected chi connectivity index (χ2v) is 6.55. The topological polar surface area (TPSA) is 98.7 Å². The van der Waals surface area contributed by atoms with Gasteiger partial charge in [0.2, 0.25) is 0 Å². The molecule has 0 saturated heterocycles. The molecule has 0 aliphatic rings. The molecule has 2 rings (SSSR count). The summed E-state index contributed by atoms with van der Waals surface area (Å²) in [5.41, 5.74) is 5.14. The lowest BCUT2D eigenvalue weighted by molar-refractivity contribution is -0.133. The summed E-state index contributed by atoms with van der Waals surface area (Å²) in [6.07, 6.45) is 2.26. The molecular formula is C22H30N2O4. The number of unbranched alkanes of at least 4 members (excludes halogenated alkanes) is 1. The van der Waals surface area contributed by atoms with Crippen molar-refractivity contribution in [1.82, 2.24) is 10.8 Å². The summed E-state index contributed by atoms with van der Waals surface area (Å²) in [6, 6.07) is 14.1. The second-order valence-electron chi connectivity index (χ2n) is 6.55. The second kappa shape index (κ2) is 11.2. The molecule has 0 spiro atoms. The smallest absolute Gasteiger partial charge is 0.268 e. The van der Waals surface area contributed by atoms with Crippen molar-refractivity contribution in [3.8, 4) is 11.1 Å². The number of rotatable bonds is 8. The van der Waals surface area contributed by atoms with Crippen LogP contribution in [0.1, 0.15) is 50.0 Å². The van der Waals surface area contributed by atoms with E-state index in [-0.39, 0.29) is 7.43 Å². The number of hydroxylamine groups is 1. The summed E-state index contributed by atoms with van der Waals surface area (Å²) in [5.74, 6) is -1.39. The number of carbonyl (C=O) groups is 2. The van der Waals surface area contributed by atoms with Gasteiger partial charge in [0.15, 0.2) is 0 Å². The largest absolute Gasteiger partial charge is 0.391 e. The van der Waals surface area contributed by atoms with E-state index in [0.717, 1.165) is 17.5 Å². The molecule has 4 N–H and O–H groups in total. The summed E-state index contributed by atoms with van der Waals surface area (Å²) in [4.78, 5) is 23.8. The van der Waals surface area contributed by atoms with Crippen molar-refractivity contribution in [2.24, 2.45) is 0 Å². The number of nitrogens with one attached hydrogen (secondary N) is 2. The molecule has 2 aromatic rings. The van der Waals surface area contributed by atoms with Crippen LogP contribution in [0.15, 0.2) is 48.5 Å². The molecule has 0 radical (unpaired) electrons. The number of hydrogen-bond acceptors (Lipinski definition) is 4. The van der Waals surface area contributed by atoms with Crippen molar-refractivity contribution in [2.75, 3.05) is 0 Å². The van der Waals surface area contributed by atoms with Gasteiger partial charge >= 0.3 is 0 Å². The van der Waals surface area contributed by atoms with Gasteiger partial charge in [0, 0.05) is 5.56 Å². The lowest BCUT2D eigenvalue weighted by Gasteiger charge is -2.19. The number of benzene rings is 2. The van der Waals surface area contributed by atoms with Crippen molar-refractivity contribution in [2.45, 2.75) is 52.7 Å². The average molecular weight is 386 g/mol. The molecule has 0 heterocycles. The fraction of sp³-hybridized carbons (Fsp3) is 0.364. The van der Waals surface area contributed by atoms with E-state index in [9.17, 15) is 14.7 Å². The molecule has 0 saturated carbocycles. The molecule has 0 bridgehead atoms. The standard InChI is InChI=1S/C21H26N2O4.CH4/c1-3-4-5-15-6-8-16(9-7-15)17-10-12-18(13-11-17)20(25)22-19(14(2)24)21(26)23-27;/h6-14,19,24,27H,3-5H2,1-2H3,(H,22,25)(H,23,26);1H4/t14-,19+;/m1./s1. The zero-order valence-electron chi connectivity index (χ0n) is 15.6.